The minimum atomic E-state index is -4.57. The minimum absolute atomic E-state index is 0.0404. The largest absolute Gasteiger partial charge is 0.456 e. The normalized spacial score (nSPS) is 11.3. The number of carbonyl (C=O) groups excluding carboxylic acids is 2. The third-order valence-electron chi connectivity index (χ3n) is 3.55. The van der Waals surface area contributed by atoms with E-state index in [9.17, 15) is 22.8 Å². The van der Waals surface area contributed by atoms with Crippen LogP contribution in [0.2, 0.25) is 0 Å². The summed E-state index contributed by atoms with van der Waals surface area (Å²) < 4.78 is 43.2. The second kappa shape index (κ2) is 8.72. The van der Waals surface area contributed by atoms with Crippen LogP contribution in [-0.2, 0) is 28.9 Å². The molecule has 0 aliphatic heterocycles. The van der Waals surface area contributed by atoms with Gasteiger partial charge in [0.05, 0.1) is 6.54 Å². The molecule has 0 saturated carbocycles. The molecule has 0 aliphatic rings. The highest BCUT2D eigenvalue weighted by molar-refractivity contribution is 5.88. The first-order valence-electron chi connectivity index (χ1n) is 8.15. The number of anilines is 1. The van der Waals surface area contributed by atoms with Gasteiger partial charge in [-0.25, -0.2) is 0 Å². The van der Waals surface area contributed by atoms with E-state index in [1.54, 1.807) is 24.3 Å². The fourth-order valence-corrected chi connectivity index (χ4v) is 2.42. The van der Waals surface area contributed by atoms with Crippen molar-refractivity contribution in [1.29, 1.82) is 0 Å². The summed E-state index contributed by atoms with van der Waals surface area (Å²) >= 11 is 0. The monoisotopic (exact) mass is 383 g/mol. The molecule has 1 aromatic heterocycles. The molecule has 1 heterocycles. The summed E-state index contributed by atoms with van der Waals surface area (Å²) in [6, 6.07) is 8.22. The topological polar surface area (TPSA) is 83.4 Å². The molecule has 0 aliphatic carbocycles. The zero-order valence-electron chi connectivity index (χ0n) is 14.9. The molecule has 0 atom stereocenters. The van der Waals surface area contributed by atoms with Crippen molar-refractivity contribution in [3.05, 3.63) is 53.0 Å². The minimum Gasteiger partial charge on any atom is -0.456 e. The van der Waals surface area contributed by atoms with Crippen molar-refractivity contribution in [3.63, 3.8) is 0 Å². The van der Waals surface area contributed by atoms with E-state index in [0.717, 1.165) is 5.56 Å². The molecule has 0 spiro atoms. The molecule has 0 unspecified atom stereocenters. The molecule has 146 valence electrons. The Balaban J connectivity index is 1.78. The first-order chi connectivity index (χ1) is 12.6. The average molecular weight is 383 g/mol. The van der Waals surface area contributed by atoms with E-state index < -0.39 is 11.9 Å². The van der Waals surface area contributed by atoms with Crippen LogP contribution in [-0.4, -0.2) is 18.4 Å². The number of benzene rings is 1. The van der Waals surface area contributed by atoms with Gasteiger partial charge < -0.3 is 20.4 Å². The molecule has 2 aromatic rings. The lowest BCUT2D eigenvalue weighted by atomic mass is 10.2. The molecule has 3 N–H and O–H groups in total. The Labute approximate surface area is 154 Å². The van der Waals surface area contributed by atoms with E-state index in [1.165, 1.54) is 19.9 Å². The lowest BCUT2D eigenvalue weighted by Gasteiger charge is -2.09. The van der Waals surface area contributed by atoms with E-state index in [-0.39, 0.29) is 42.8 Å². The maximum absolute atomic E-state index is 12.8. The van der Waals surface area contributed by atoms with Crippen LogP contribution in [0.3, 0.4) is 0 Å². The number of furan rings is 1. The number of nitrogens with one attached hydrogen (secondary N) is 3. The number of halogens is 3. The van der Waals surface area contributed by atoms with Crippen molar-refractivity contribution in [2.45, 2.75) is 33.1 Å². The van der Waals surface area contributed by atoms with Gasteiger partial charge in [-0.15, -0.1) is 0 Å². The Kier molecular flexibility index (Phi) is 6.62. The summed E-state index contributed by atoms with van der Waals surface area (Å²) in [4.78, 5) is 22.8. The van der Waals surface area contributed by atoms with E-state index in [1.807, 2.05) is 0 Å². The van der Waals surface area contributed by atoms with Crippen LogP contribution in [0.5, 0.6) is 0 Å². The number of rotatable bonds is 7. The number of carbonyl (C=O) groups is 2. The molecule has 0 saturated heterocycles. The third-order valence-corrected chi connectivity index (χ3v) is 3.55. The van der Waals surface area contributed by atoms with Gasteiger partial charge in [0.25, 0.3) is 0 Å². The number of aryl methyl sites for hydroxylation is 1. The number of alkyl halides is 3. The average Bonchev–Trinajstić information content (AvgIpc) is 2.95. The summed E-state index contributed by atoms with van der Waals surface area (Å²) in [6.07, 6.45) is -4.57. The Morgan fingerprint density at radius 3 is 2.37 bits per heavy atom. The lowest BCUT2D eigenvalue weighted by molar-refractivity contribution is -0.154. The molecule has 0 radical (unpaired) electrons. The maximum Gasteiger partial charge on any atom is 0.449 e. The Bertz CT molecular complexity index is 798. The molecular formula is C18H20F3N3O3. The van der Waals surface area contributed by atoms with Crippen LogP contribution in [0.1, 0.15) is 29.6 Å². The predicted molar refractivity (Wildman–Crippen MR) is 92.7 cm³/mol. The Morgan fingerprint density at radius 2 is 1.78 bits per heavy atom. The summed E-state index contributed by atoms with van der Waals surface area (Å²) in [5, 5.41) is 7.97. The fraction of sp³-hybridized carbons (Fsp3) is 0.333. The Hall–Kier alpha value is -2.81. The van der Waals surface area contributed by atoms with Gasteiger partial charge >= 0.3 is 6.18 Å². The van der Waals surface area contributed by atoms with Crippen LogP contribution in [0, 0.1) is 6.92 Å². The van der Waals surface area contributed by atoms with Gasteiger partial charge in [0.1, 0.15) is 5.76 Å². The number of hydrogen-bond acceptors (Lipinski definition) is 4. The molecular weight excluding hydrogens is 363 g/mol. The lowest BCUT2D eigenvalue weighted by Crippen LogP contribution is -2.33. The van der Waals surface area contributed by atoms with Gasteiger partial charge in [-0.3, -0.25) is 9.59 Å². The molecule has 1 aromatic carbocycles. The second-order valence-corrected chi connectivity index (χ2v) is 5.97. The van der Waals surface area contributed by atoms with E-state index in [4.69, 9.17) is 0 Å². The van der Waals surface area contributed by atoms with Crippen molar-refractivity contribution in [3.8, 4) is 0 Å². The first-order valence-corrected chi connectivity index (χ1v) is 8.15. The van der Waals surface area contributed by atoms with Gasteiger partial charge in [-0.1, -0.05) is 12.1 Å². The van der Waals surface area contributed by atoms with E-state index >= 15 is 0 Å². The molecule has 0 fully saturated rings. The Morgan fingerprint density at radius 1 is 1.11 bits per heavy atom. The van der Waals surface area contributed by atoms with Gasteiger partial charge in [0, 0.05) is 31.3 Å². The van der Waals surface area contributed by atoms with Gasteiger partial charge in [-0.2, -0.15) is 13.2 Å². The third kappa shape index (κ3) is 6.45. The van der Waals surface area contributed by atoms with Gasteiger partial charge in [0.2, 0.25) is 17.6 Å². The highest BCUT2D eigenvalue weighted by atomic mass is 19.4. The van der Waals surface area contributed by atoms with Gasteiger partial charge in [0.15, 0.2) is 0 Å². The number of hydrogen-bond donors (Lipinski definition) is 3. The zero-order valence-corrected chi connectivity index (χ0v) is 14.9. The number of amides is 2. The van der Waals surface area contributed by atoms with Crippen LogP contribution >= 0.6 is 0 Å². The zero-order chi connectivity index (χ0) is 20.0. The van der Waals surface area contributed by atoms with E-state index in [2.05, 4.69) is 20.4 Å². The van der Waals surface area contributed by atoms with Crippen molar-refractivity contribution in [2.75, 3.05) is 11.9 Å². The van der Waals surface area contributed by atoms with Crippen LogP contribution in [0.25, 0.3) is 0 Å². The molecule has 27 heavy (non-hydrogen) atoms. The maximum atomic E-state index is 12.8. The van der Waals surface area contributed by atoms with Gasteiger partial charge in [-0.05, 0) is 30.7 Å². The summed E-state index contributed by atoms with van der Waals surface area (Å²) in [5.74, 6) is -1.42. The van der Waals surface area contributed by atoms with Crippen molar-refractivity contribution in [2.24, 2.45) is 0 Å². The first kappa shape index (κ1) is 20.5. The highest BCUT2D eigenvalue weighted by Crippen LogP contribution is 2.33. The second-order valence-electron chi connectivity index (χ2n) is 5.97. The summed E-state index contributed by atoms with van der Waals surface area (Å²) in [5.41, 5.74) is 1.43. The van der Waals surface area contributed by atoms with E-state index in [0.29, 0.717) is 5.69 Å². The van der Waals surface area contributed by atoms with Crippen molar-refractivity contribution < 1.29 is 27.2 Å². The quantitative estimate of drug-likeness (QED) is 0.687. The molecule has 2 amide bonds. The molecule has 0 bridgehead atoms. The smallest absolute Gasteiger partial charge is 0.449 e. The predicted octanol–water partition coefficient (Wildman–Crippen LogP) is 2.97. The molecule has 6 nitrogen and oxygen atoms in total. The molecule has 2 rings (SSSR count). The van der Waals surface area contributed by atoms with Crippen LogP contribution in [0.15, 0.2) is 34.7 Å². The molecule has 9 heteroatoms. The highest BCUT2D eigenvalue weighted by Gasteiger charge is 2.37. The van der Waals surface area contributed by atoms with Crippen LogP contribution < -0.4 is 16.0 Å². The van der Waals surface area contributed by atoms with Crippen LogP contribution in [0.4, 0.5) is 18.9 Å². The standard InChI is InChI=1S/C18H20F3N3O3/c1-11-7-14(17(27-11)18(19,20)21)9-22-10-16(26)23-8-13-3-5-15(6-4-13)24-12(2)25/h3-7,22H,8-10H2,1-2H3,(H,23,26)(H,24,25). The van der Waals surface area contributed by atoms with Crippen molar-refractivity contribution in [1.82, 2.24) is 10.6 Å². The SMILES string of the molecule is CC(=O)Nc1ccc(CNC(=O)CNCc2cc(C)oc2C(F)(F)F)cc1. The summed E-state index contributed by atoms with van der Waals surface area (Å²) in [7, 11) is 0. The van der Waals surface area contributed by atoms with Crippen molar-refractivity contribution >= 4 is 17.5 Å². The fourth-order valence-electron chi connectivity index (χ4n) is 2.42. The summed E-state index contributed by atoms with van der Waals surface area (Å²) in [6.45, 7) is 2.84.